The highest BCUT2D eigenvalue weighted by molar-refractivity contribution is 7.92. The number of benzene rings is 2. The van der Waals surface area contributed by atoms with Crippen molar-refractivity contribution in [3.05, 3.63) is 65.2 Å². The Kier molecular flexibility index (Phi) is 5.84. The predicted octanol–water partition coefficient (Wildman–Crippen LogP) is 3.23. The van der Waals surface area contributed by atoms with Crippen LogP contribution in [0.1, 0.15) is 46.0 Å². The Balaban J connectivity index is 1.78. The Hall–Kier alpha value is -2.67. The quantitative estimate of drug-likeness (QED) is 0.638. The molecule has 0 bridgehead atoms. The molecule has 1 aliphatic heterocycles. The third-order valence-corrected chi connectivity index (χ3v) is 6.56. The number of carbonyl (C=O) groups is 2. The van der Waals surface area contributed by atoms with Crippen LogP contribution >= 0.6 is 0 Å². The van der Waals surface area contributed by atoms with Crippen LogP contribution in [0.4, 0.5) is 5.69 Å². The fourth-order valence-corrected chi connectivity index (χ4v) is 4.73. The number of hydrogen-bond donors (Lipinski definition) is 0. The molecule has 0 N–H and O–H groups in total. The molecule has 0 saturated heterocycles. The lowest BCUT2D eigenvalue weighted by atomic mass is 10.1. The summed E-state index contributed by atoms with van der Waals surface area (Å²) in [4.78, 5) is 26.2. The van der Waals surface area contributed by atoms with Gasteiger partial charge in [-0.15, -0.1) is 0 Å². The number of rotatable bonds is 8. The van der Waals surface area contributed by atoms with Gasteiger partial charge in [-0.3, -0.25) is 18.8 Å². The number of para-hydroxylation sites is 1. The number of sulfonamides is 1. The molecule has 0 unspecified atom stereocenters. The van der Waals surface area contributed by atoms with Crippen molar-refractivity contribution in [1.82, 2.24) is 4.90 Å². The number of carbonyl (C=O) groups excluding carboxylic acids is 2. The van der Waals surface area contributed by atoms with Crippen molar-refractivity contribution in [2.75, 3.05) is 23.1 Å². The maximum Gasteiger partial charge on any atom is 0.261 e. The van der Waals surface area contributed by atoms with Gasteiger partial charge in [0.1, 0.15) is 0 Å². The van der Waals surface area contributed by atoms with Crippen LogP contribution in [0.5, 0.6) is 0 Å². The summed E-state index contributed by atoms with van der Waals surface area (Å²) >= 11 is 0. The van der Waals surface area contributed by atoms with E-state index in [1.54, 1.807) is 42.5 Å². The highest BCUT2D eigenvalue weighted by Gasteiger charge is 2.36. The molecule has 0 atom stereocenters. The second kappa shape index (κ2) is 8.14. The van der Waals surface area contributed by atoms with Gasteiger partial charge in [-0.2, -0.15) is 0 Å². The normalized spacial score (nSPS) is 13.7. The lowest BCUT2D eigenvalue weighted by Crippen LogP contribution is -2.40. The SMILES string of the molecule is CCCCN(c1ccccc1)S(=O)(=O)CCN1C(=O)c2ccc(C)cc2C1=O. The second-order valence-corrected chi connectivity index (χ2v) is 8.90. The standard InChI is InChI=1S/C21H24N2O4S/c1-3-4-12-23(17-8-6-5-7-9-17)28(26,27)14-13-22-20(24)18-11-10-16(2)15-19(18)21(22)25/h5-11,15H,3-4,12-14H2,1-2H3. The van der Waals surface area contributed by atoms with E-state index in [2.05, 4.69) is 0 Å². The van der Waals surface area contributed by atoms with E-state index in [9.17, 15) is 18.0 Å². The number of anilines is 1. The van der Waals surface area contributed by atoms with Crippen molar-refractivity contribution < 1.29 is 18.0 Å². The molecule has 0 spiro atoms. The van der Waals surface area contributed by atoms with E-state index in [0.29, 0.717) is 23.4 Å². The number of aryl methyl sites for hydroxylation is 1. The summed E-state index contributed by atoms with van der Waals surface area (Å²) < 4.78 is 27.4. The minimum absolute atomic E-state index is 0.164. The first-order valence-electron chi connectivity index (χ1n) is 9.37. The molecule has 2 amide bonds. The fourth-order valence-electron chi connectivity index (χ4n) is 3.25. The van der Waals surface area contributed by atoms with Gasteiger partial charge < -0.3 is 0 Å². The van der Waals surface area contributed by atoms with Crippen LogP contribution in [0.25, 0.3) is 0 Å². The lowest BCUT2D eigenvalue weighted by molar-refractivity contribution is 0.0664. The Labute approximate surface area is 165 Å². The minimum atomic E-state index is -3.69. The van der Waals surface area contributed by atoms with Crippen molar-refractivity contribution in [2.24, 2.45) is 0 Å². The molecule has 0 fully saturated rings. The largest absolute Gasteiger partial charge is 0.273 e. The van der Waals surface area contributed by atoms with Gasteiger partial charge in [0.25, 0.3) is 11.8 Å². The van der Waals surface area contributed by atoms with Crippen LogP contribution in [0.3, 0.4) is 0 Å². The van der Waals surface area contributed by atoms with Crippen molar-refractivity contribution in [3.63, 3.8) is 0 Å². The summed E-state index contributed by atoms with van der Waals surface area (Å²) in [6.45, 7) is 4.04. The molecule has 2 aromatic carbocycles. The Bertz CT molecular complexity index is 987. The first kappa shape index (κ1) is 20.1. The fraction of sp³-hybridized carbons (Fsp3) is 0.333. The van der Waals surface area contributed by atoms with Crippen LogP contribution in [0.15, 0.2) is 48.5 Å². The Morgan fingerprint density at radius 2 is 1.64 bits per heavy atom. The molecule has 1 heterocycles. The number of nitrogens with zero attached hydrogens (tertiary/aromatic N) is 2. The van der Waals surface area contributed by atoms with Crippen LogP contribution in [-0.4, -0.2) is 44.0 Å². The lowest BCUT2D eigenvalue weighted by Gasteiger charge is -2.25. The Morgan fingerprint density at radius 3 is 2.32 bits per heavy atom. The topological polar surface area (TPSA) is 74.8 Å². The van der Waals surface area contributed by atoms with Crippen molar-refractivity contribution >= 4 is 27.5 Å². The summed E-state index contributed by atoms with van der Waals surface area (Å²) in [6, 6.07) is 14.0. The monoisotopic (exact) mass is 400 g/mol. The summed E-state index contributed by atoms with van der Waals surface area (Å²) in [5.74, 6) is -1.18. The summed E-state index contributed by atoms with van der Waals surface area (Å²) in [7, 11) is -3.69. The van der Waals surface area contributed by atoms with E-state index in [4.69, 9.17) is 0 Å². The van der Waals surface area contributed by atoms with Gasteiger partial charge >= 0.3 is 0 Å². The molecule has 0 saturated carbocycles. The highest BCUT2D eigenvalue weighted by Crippen LogP contribution is 2.25. The average molecular weight is 401 g/mol. The maximum atomic E-state index is 13.0. The zero-order valence-corrected chi connectivity index (χ0v) is 16.9. The number of imide groups is 1. The molecular formula is C21H24N2O4S. The molecule has 2 aromatic rings. The molecule has 7 heteroatoms. The molecule has 28 heavy (non-hydrogen) atoms. The summed E-state index contributed by atoms with van der Waals surface area (Å²) in [5, 5.41) is 0. The predicted molar refractivity (Wildman–Crippen MR) is 109 cm³/mol. The first-order chi connectivity index (χ1) is 13.3. The van der Waals surface area contributed by atoms with Gasteiger partial charge in [-0.05, 0) is 37.6 Å². The van der Waals surface area contributed by atoms with Gasteiger partial charge in [0.2, 0.25) is 10.0 Å². The number of amides is 2. The molecule has 0 aromatic heterocycles. The van der Waals surface area contributed by atoms with E-state index in [-0.39, 0.29) is 12.3 Å². The second-order valence-electron chi connectivity index (χ2n) is 6.89. The van der Waals surface area contributed by atoms with E-state index in [1.807, 2.05) is 19.9 Å². The average Bonchev–Trinajstić information content (AvgIpc) is 2.91. The number of fused-ring (bicyclic) bond motifs is 1. The maximum absolute atomic E-state index is 13.0. The van der Waals surface area contributed by atoms with E-state index >= 15 is 0 Å². The van der Waals surface area contributed by atoms with Crippen LogP contribution in [0, 0.1) is 6.92 Å². The third-order valence-electron chi connectivity index (χ3n) is 4.79. The smallest absolute Gasteiger partial charge is 0.261 e. The third kappa shape index (κ3) is 3.94. The first-order valence-corrected chi connectivity index (χ1v) is 11.0. The van der Waals surface area contributed by atoms with E-state index < -0.39 is 21.8 Å². The van der Waals surface area contributed by atoms with E-state index in [1.165, 1.54) is 4.31 Å². The molecule has 148 valence electrons. The van der Waals surface area contributed by atoms with Crippen LogP contribution in [0.2, 0.25) is 0 Å². The summed E-state index contributed by atoms with van der Waals surface area (Å²) in [6.07, 6.45) is 1.58. The molecule has 0 radical (unpaired) electrons. The highest BCUT2D eigenvalue weighted by atomic mass is 32.2. The van der Waals surface area contributed by atoms with Gasteiger partial charge in [-0.1, -0.05) is 43.2 Å². The molecular weight excluding hydrogens is 376 g/mol. The number of unbranched alkanes of at least 4 members (excludes halogenated alkanes) is 1. The number of hydrogen-bond acceptors (Lipinski definition) is 4. The van der Waals surface area contributed by atoms with Gasteiger partial charge in [0.15, 0.2) is 0 Å². The molecule has 0 aliphatic carbocycles. The van der Waals surface area contributed by atoms with Gasteiger partial charge in [0.05, 0.1) is 22.6 Å². The summed E-state index contributed by atoms with van der Waals surface area (Å²) in [5.41, 5.74) is 2.14. The van der Waals surface area contributed by atoms with E-state index in [0.717, 1.165) is 23.3 Å². The zero-order valence-electron chi connectivity index (χ0n) is 16.1. The zero-order chi connectivity index (χ0) is 20.3. The van der Waals surface area contributed by atoms with Crippen molar-refractivity contribution in [2.45, 2.75) is 26.7 Å². The van der Waals surface area contributed by atoms with Gasteiger partial charge in [-0.25, -0.2) is 8.42 Å². The Morgan fingerprint density at radius 1 is 0.964 bits per heavy atom. The van der Waals surface area contributed by atoms with Crippen molar-refractivity contribution in [1.29, 1.82) is 0 Å². The minimum Gasteiger partial charge on any atom is -0.273 e. The molecule has 1 aliphatic rings. The van der Waals surface area contributed by atoms with Crippen LogP contribution in [-0.2, 0) is 10.0 Å². The van der Waals surface area contributed by atoms with Crippen molar-refractivity contribution in [3.8, 4) is 0 Å². The molecule has 6 nitrogen and oxygen atoms in total. The molecule has 3 rings (SSSR count). The van der Waals surface area contributed by atoms with Gasteiger partial charge in [0, 0.05) is 13.1 Å². The van der Waals surface area contributed by atoms with Crippen LogP contribution < -0.4 is 4.31 Å².